The zero-order valence-electron chi connectivity index (χ0n) is 6.89. The van der Waals surface area contributed by atoms with Gasteiger partial charge in [0.1, 0.15) is 0 Å². The lowest BCUT2D eigenvalue weighted by atomic mass is 9.97. The molecule has 1 nitrogen and oxygen atoms in total. The molecule has 1 heteroatoms. The van der Waals surface area contributed by atoms with Crippen LogP contribution >= 0.6 is 0 Å². The standard InChI is InChI=1S/C9H16O/c1-7(2)8-5-9(8)3-4-10-6-9/h7-8H,3-6H2,1-2H3. The van der Waals surface area contributed by atoms with E-state index in [1.54, 1.807) is 0 Å². The molecule has 0 bridgehead atoms. The van der Waals surface area contributed by atoms with Crippen molar-refractivity contribution in [2.24, 2.45) is 17.3 Å². The minimum atomic E-state index is 0.661. The van der Waals surface area contributed by atoms with Gasteiger partial charge in [0.15, 0.2) is 0 Å². The van der Waals surface area contributed by atoms with Crippen molar-refractivity contribution in [1.82, 2.24) is 0 Å². The van der Waals surface area contributed by atoms with Gasteiger partial charge >= 0.3 is 0 Å². The first kappa shape index (κ1) is 6.66. The van der Waals surface area contributed by atoms with Crippen molar-refractivity contribution >= 4 is 0 Å². The minimum Gasteiger partial charge on any atom is -0.381 e. The average molecular weight is 140 g/mol. The summed E-state index contributed by atoms with van der Waals surface area (Å²) in [5, 5.41) is 0. The summed E-state index contributed by atoms with van der Waals surface area (Å²) in [4.78, 5) is 0. The molecule has 0 aromatic carbocycles. The van der Waals surface area contributed by atoms with E-state index in [1.165, 1.54) is 12.8 Å². The maximum absolute atomic E-state index is 5.40. The van der Waals surface area contributed by atoms with Crippen molar-refractivity contribution in [2.75, 3.05) is 13.2 Å². The summed E-state index contributed by atoms with van der Waals surface area (Å²) < 4.78 is 5.40. The third kappa shape index (κ3) is 0.800. The van der Waals surface area contributed by atoms with Crippen LogP contribution in [0.2, 0.25) is 0 Å². The van der Waals surface area contributed by atoms with Crippen molar-refractivity contribution in [1.29, 1.82) is 0 Å². The van der Waals surface area contributed by atoms with E-state index < -0.39 is 0 Å². The van der Waals surface area contributed by atoms with Gasteiger partial charge in [-0.1, -0.05) is 13.8 Å². The molecule has 0 aromatic rings. The number of hydrogen-bond acceptors (Lipinski definition) is 1. The van der Waals surface area contributed by atoms with Gasteiger partial charge in [0, 0.05) is 6.61 Å². The second kappa shape index (κ2) is 1.97. The van der Waals surface area contributed by atoms with Crippen molar-refractivity contribution in [3.63, 3.8) is 0 Å². The molecule has 2 atom stereocenters. The molecule has 0 N–H and O–H groups in total. The van der Waals surface area contributed by atoms with E-state index >= 15 is 0 Å². The molecule has 1 saturated heterocycles. The van der Waals surface area contributed by atoms with E-state index in [0.29, 0.717) is 5.41 Å². The lowest BCUT2D eigenvalue weighted by molar-refractivity contribution is 0.176. The Morgan fingerprint density at radius 2 is 2.30 bits per heavy atom. The van der Waals surface area contributed by atoms with Gasteiger partial charge in [0.05, 0.1) is 6.61 Å². The molecule has 1 aliphatic heterocycles. The molecule has 1 spiro atoms. The van der Waals surface area contributed by atoms with Crippen LogP contribution in [-0.4, -0.2) is 13.2 Å². The molecule has 0 aromatic heterocycles. The second-order valence-corrected chi connectivity index (χ2v) is 4.22. The third-order valence-corrected chi connectivity index (χ3v) is 3.19. The highest BCUT2D eigenvalue weighted by Crippen LogP contribution is 2.60. The van der Waals surface area contributed by atoms with Gasteiger partial charge in [-0.3, -0.25) is 0 Å². The van der Waals surface area contributed by atoms with Crippen LogP contribution in [0.15, 0.2) is 0 Å². The molecule has 10 heavy (non-hydrogen) atoms. The summed E-state index contributed by atoms with van der Waals surface area (Å²) in [6, 6.07) is 0. The Bertz CT molecular complexity index is 134. The van der Waals surface area contributed by atoms with Crippen LogP contribution in [0.5, 0.6) is 0 Å². The van der Waals surface area contributed by atoms with Crippen LogP contribution in [0, 0.1) is 17.3 Å². The van der Waals surface area contributed by atoms with Gasteiger partial charge in [0.25, 0.3) is 0 Å². The topological polar surface area (TPSA) is 9.23 Å². The number of rotatable bonds is 1. The Balaban J connectivity index is 1.97. The molecule has 1 saturated carbocycles. The molecule has 1 heterocycles. The Morgan fingerprint density at radius 3 is 2.70 bits per heavy atom. The first-order valence-electron chi connectivity index (χ1n) is 4.32. The van der Waals surface area contributed by atoms with Crippen molar-refractivity contribution < 1.29 is 4.74 Å². The molecule has 2 fully saturated rings. The summed E-state index contributed by atoms with van der Waals surface area (Å²) in [7, 11) is 0. The fourth-order valence-corrected chi connectivity index (χ4v) is 2.40. The Morgan fingerprint density at radius 1 is 1.50 bits per heavy atom. The van der Waals surface area contributed by atoms with E-state index in [1.807, 2.05) is 0 Å². The largest absolute Gasteiger partial charge is 0.381 e. The van der Waals surface area contributed by atoms with Gasteiger partial charge in [-0.25, -0.2) is 0 Å². The normalized spacial score (nSPS) is 45.3. The molecule has 2 rings (SSSR count). The third-order valence-electron chi connectivity index (χ3n) is 3.19. The minimum absolute atomic E-state index is 0.661. The lowest BCUT2D eigenvalue weighted by Crippen LogP contribution is -2.06. The van der Waals surface area contributed by atoms with Crippen LogP contribution in [0.3, 0.4) is 0 Å². The van der Waals surface area contributed by atoms with Gasteiger partial charge in [-0.05, 0) is 30.1 Å². The van der Waals surface area contributed by atoms with E-state index in [4.69, 9.17) is 4.74 Å². The molecule has 0 radical (unpaired) electrons. The average Bonchev–Trinajstić information content (AvgIpc) is 2.32. The van der Waals surface area contributed by atoms with Crippen molar-refractivity contribution in [2.45, 2.75) is 26.7 Å². The maximum Gasteiger partial charge on any atom is 0.0526 e. The Labute approximate surface area is 62.8 Å². The molecule has 2 aliphatic rings. The summed E-state index contributed by atoms with van der Waals surface area (Å²) >= 11 is 0. The Kier molecular flexibility index (Phi) is 1.31. The van der Waals surface area contributed by atoms with Crippen LogP contribution in [0.25, 0.3) is 0 Å². The van der Waals surface area contributed by atoms with E-state index in [9.17, 15) is 0 Å². The van der Waals surface area contributed by atoms with E-state index in [0.717, 1.165) is 25.0 Å². The quantitative estimate of drug-likeness (QED) is 0.541. The van der Waals surface area contributed by atoms with E-state index in [-0.39, 0.29) is 0 Å². The lowest BCUT2D eigenvalue weighted by Gasteiger charge is -2.08. The molecule has 2 unspecified atom stereocenters. The molecule has 58 valence electrons. The summed E-state index contributed by atoms with van der Waals surface area (Å²) in [6.45, 7) is 6.73. The van der Waals surface area contributed by atoms with Crippen LogP contribution in [0.4, 0.5) is 0 Å². The molecular formula is C9H16O. The zero-order chi connectivity index (χ0) is 7.19. The fourth-order valence-electron chi connectivity index (χ4n) is 2.40. The van der Waals surface area contributed by atoms with Gasteiger partial charge in [-0.2, -0.15) is 0 Å². The maximum atomic E-state index is 5.40. The number of ether oxygens (including phenoxy) is 1. The van der Waals surface area contributed by atoms with Crippen molar-refractivity contribution in [3.8, 4) is 0 Å². The molecular weight excluding hydrogens is 124 g/mol. The summed E-state index contributed by atoms with van der Waals surface area (Å²) in [6.07, 6.45) is 2.76. The second-order valence-electron chi connectivity index (χ2n) is 4.22. The highest BCUT2D eigenvalue weighted by molar-refractivity contribution is 5.05. The summed E-state index contributed by atoms with van der Waals surface area (Å²) in [5.74, 6) is 1.86. The first-order valence-corrected chi connectivity index (χ1v) is 4.32. The SMILES string of the molecule is CC(C)C1CC12CCOC2. The smallest absolute Gasteiger partial charge is 0.0526 e. The van der Waals surface area contributed by atoms with Crippen LogP contribution in [-0.2, 0) is 4.74 Å². The van der Waals surface area contributed by atoms with E-state index in [2.05, 4.69) is 13.8 Å². The first-order chi connectivity index (χ1) is 4.75. The highest BCUT2D eigenvalue weighted by atomic mass is 16.5. The zero-order valence-corrected chi connectivity index (χ0v) is 6.89. The molecule has 0 amide bonds. The van der Waals surface area contributed by atoms with Gasteiger partial charge in [-0.15, -0.1) is 0 Å². The summed E-state index contributed by atoms with van der Waals surface area (Å²) in [5.41, 5.74) is 0.661. The number of hydrogen-bond donors (Lipinski definition) is 0. The highest BCUT2D eigenvalue weighted by Gasteiger charge is 2.56. The van der Waals surface area contributed by atoms with Crippen molar-refractivity contribution in [3.05, 3.63) is 0 Å². The predicted molar refractivity (Wildman–Crippen MR) is 40.8 cm³/mol. The van der Waals surface area contributed by atoms with Crippen LogP contribution < -0.4 is 0 Å². The van der Waals surface area contributed by atoms with Gasteiger partial charge < -0.3 is 4.74 Å². The molecule has 1 aliphatic carbocycles. The predicted octanol–water partition coefficient (Wildman–Crippen LogP) is 2.07. The van der Waals surface area contributed by atoms with Gasteiger partial charge in [0.2, 0.25) is 0 Å². The fraction of sp³-hybridized carbons (Fsp3) is 1.00. The Hall–Kier alpha value is -0.0400. The monoisotopic (exact) mass is 140 g/mol. The van der Waals surface area contributed by atoms with Crippen LogP contribution in [0.1, 0.15) is 26.7 Å².